The lowest BCUT2D eigenvalue weighted by molar-refractivity contribution is -0.300. The number of nitrogens with one attached hydrogen (secondary N) is 5. The van der Waals surface area contributed by atoms with E-state index in [1.54, 1.807) is 0 Å². The summed E-state index contributed by atoms with van der Waals surface area (Å²) in [5, 5.41) is 143. The van der Waals surface area contributed by atoms with Gasteiger partial charge in [0.05, 0.1) is 58.8 Å². The number of carbonyl (C=O) groups is 6. The molecule has 84 heavy (non-hydrogen) atoms. The number of carboxylic acids is 1. The number of ether oxygens (including phenoxy) is 6. The van der Waals surface area contributed by atoms with Crippen LogP contribution in [-0.2, 0) is 57.2 Å². The lowest BCUT2D eigenvalue weighted by Crippen LogP contribution is -2.59. The Kier molecular flexibility index (Phi) is 36.5. The van der Waals surface area contributed by atoms with E-state index in [-0.39, 0.29) is 78.1 Å². The number of hydrogen-bond donors (Lipinski definition) is 18. The van der Waals surface area contributed by atoms with E-state index in [1.165, 1.54) is 43.4 Å². The lowest BCUT2D eigenvalue weighted by Gasteiger charge is -2.39. The van der Waals surface area contributed by atoms with Crippen LogP contribution >= 0.6 is 0 Å². The molecule has 0 bridgehead atoms. The maximum Gasteiger partial charge on any atom is 0.303 e. The van der Waals surface area contributed by atoms with Crippen LogP contribution in [0.1, 0.15) is 116 Å². The Labute approximate surface area is 488 Å². The van der Waals surface area contributed by atoms with Crippen molar-refractivity contribution < 1.29 is 124 Å². The van der Waals surface area contributed by atoms with Gasteiger partial charge in [0, 0.05) is 39.0 Å². The number of carbonyl (C=O) groups excluding carboxylic acids is 5. The molecular weight excluding hydrogens is 1120 g/mol. The van der Waals surface area contributed by atoms with E-state index in [4.69, 9.17) is 28.4 Å². The summed E-state index contributed by atoms with van der Waals surface area (Å²) in [7, 11) is 0. The summed E-state index contributed by atoms with van der Waals surface area (Å²) in [6.45, 7) is -3.28. The third-order valence-corrected chi connectivity index (χ3v) is 14.6. The zero-order valence-electron chi connectivity index (χ0n) is 48.0. The molecular formula is C53H96N6O25. The smallest absolute Gasteiger partial charge is 0.303 e. The van der Waals surface area contributed by atoms with Crippen LogP contribution in [0.2, 0.25) is 0 Å². The first-order chi connectivity index (χ1) is 40.2. The van der Waals surface area contributed by atoms with Crippen LogP contribution in [-0.4, -0.2) is 290 Å². The summed E-state index contributed by atoms with van der Waals surface area (Å²) in [5.74, 6) is -4.55. The van der Waals surface area contributed by atoms with Crippen LogP contribution in [0.15, 0.2) is 0 Å². The van der Waals surface area contributed by atoms with Gasteiger partial charge in [0.15, 0.2) is 18.9 Å². The van der Waals surface area contributed by atoms with Gasteiger partial charge in [-0.25, -0.2) is 0 Å². The Morgan fingerprint density at radius 2 is 0.833 bits per heavy atom. The second-order valence-corrected chi connectivity index (χ2v) is 21.2. The molecule has 1 unspecified atom stereocenters. The van der Waals surface area contributed by atoms with Gasteiger partial charge in [-0.3, -0.25) is 33.7 Å². The summed E-state index contributed by atoms with van der Waals surface area (Å²) in [4.78, 5) is 80.6. The van der Waals surface area contributed by atoms with Crippen LogP contribution in [0.3, 0.4) is 0 Å². The van der Waals surface area contributed by atoms with E-state index in [1.807, 2.05) is 0 Å². The molecule has 18 N–H and O–H groups in total. The minimum absolute atomic E-state index is 0.0258. The summed E-state index contributed by atoms with van der Waals surface area (Å²) < 4.78 is 32.5. The molecule has 0 saturated carbocycles. The SMILES string of the molecule is CCCCCCCCCCCCCC(=O)NC(CCC(=O)O)C(=O)NCCCC[C@@H](C(=O)NCCO[C@H]1O[C@H](CO)[C@@H](O)[C@H](O)[C@@H]1O)N(CC(=O)NCCO[C@H]1O[C@H](CO)[C@@H](O)[C@H](O)[C@@H]1O)CC(=O)NCCO[C@H]1O[C@H](CO)[C@@H](O)[C@H](O)[C@@H]1O. The summed E-state index contributed by atoms with van der Waals surface area (Å²) in [5.41, 5.74) is 0. The molecule has 3 rings (SSSR count). The first-order valence-electron chi connectivity index (χ1n) is 29.3. The van der Waals surface area contributed by atoms with E-state index in [9.17, 15) is 95.2 Å². The molecule has 488 valence electrons. The largest absolute Gasteiger partial charge is 0.481 e. The highest BCUT2D eigenvalue weighted by Gasteiger charge is 2.46. The molecule has 5 amide bonds. The molecule has 3 fully saturated rings. The molecule has 3 aliphatic rings. The second kappa shape index (κ2) is 41.3. The third kappa shape index (κ3) is 26.2. The fourth-order valence-corrected chi connectivity index (χ4v) is 9.60. The molecule has 3 saturated heterocycles. The Morgan fingerprint density at radius 3 is 1.24 bits per heavy atom. The first-order valence-corrected chi connectivity index (χ1v) is 29.3. The van der Waals surface area contributed by atoms with Gasteiger partial charge in [-0.1, -0.05) is 71.1 Å². The first kappa shape index (κ1) is 74.3. The average Bonchev–Trinajstić information content (AvgIpc) is 3.26. The maximum atomic E-state index is 14.2. The van der Waals surface area contributed by atoms with Crippen molar-refractivity contribution in [2.75, 3.05) is 78.9 Å². The van der Waals surface area contributed by atoms with Gasteiger partial charge in [0.25, 0.3) is 0 Å². The number of amides is 5. The summed E-state index contributed by atoms with van der Waals surface area (Å²) >= 11 is 0. The van der Waals surface area contributed by atoms with Crippen LogP contribution in [0.25, 0.3) is 0 Å². The standard InChI is InChI=1S/C53H96N6O25/c1-2-3-4-5-6-7-8-9-10-11-12-16-36(63)58-31(17-18-39(66)67)49(77)56-19-14-13-15-32(50(78)57-22-25-81-53-48(76)45(73)42(70)35(30-62)84-53)59(26-37(64)54-20-23-79-51-46(74)43(71)40(68)33(28-60)82-51)27-38(65)55-21-24-80-52-47(75)44(72)41(69)34(29-61)83-52/h31-35,40-48,51-53,60-62,68-76H,2-30H2,1H3,(H,54,64)(H,55,65)(H,56,77)(H,57,78)(H,58,63)(H,66,67)/t31?,32-,33+,34+,35+,40+,41+,42+,43-,44-,45-,46-,47-,48-,51-,52-,53-/m0/s1. The van der Waals surface area contributed by atoms with Crippen molar-refractivity contribution in [1.82, 2.24) is 31.5 Å². The van der Waals surface area contributed by atoms with Gasteiger partial charge < -0.3 is 121 Å². The Bertz CT molecular complexity index is 1840. The van der Waals surface area contributed by atoms with Gasteiger partial charge >= 0.3 is 5.97 Å². The van der Waals surface area contributed by atoms with E-state index >= 15 is 0 Å². The molecule has 0 aliphatic carbocycles. The predicted molar refractivity (Wildman–Crippen MR) is 290 cm³/mol. The van der Waals surface area contributed by atoms with E-state index in [0.29, 0.717) is 6.42 Å². The van der Waals surface area contributed by atoms with Gasteiger partial charge in [-0.05, 0) is 32.1 Å². The topological polar surface area (TPSA) is 484 Å². The predicted octanol–water partition coefficient (Wildman–Crippen LogP) is -6.21. The number of nitrogens with zero attached hydrogens (tertiary/aromatic N) is 1. The normalized spacial score (nSPS) is 28.7. The van der Waals surface area contributed by atoms with E-state index in [2.05, 4.69) is 33.5 Å². The second-order valence-electron chi connectivity index (χ2n) is 21.2. The van der Waals surface area contributed by atoms with Crippen molar-refractivity contribution in [3.05, 3.63) is 0 Å². The Hall–Kier alpha value is -3.94. The molecule has 3 heterocycles. The number of aliphatic hydroxyl groups is 12. The minimum Gasteiger partial charge on any atom is -0.481 e. The average molecular weight is 1220 g/mol. The minimum atomic E-state index is -1.76. The van der Waals surface area contributed by atoms with Crippen LogP contribution in [0.5, 0.6) is 0 Å². The highest BCUT2D eigenvalue weighted by Crippen LogP contribution is 2.25. The number of aliphatic hydroxyl groups excluding tert-OH is 12. The fraction of sp³-hybridized carbons (Fsp3) is 0.887. The number of rotatable bonds is 43. The Balaban J connectivity index is 1.73. The zero-order chi connectivity index (χ0) is 62.1. The molecule has 0 spiro atoms. The molecule has 0 aromatic rings. The number of hydrogen-bond acceptors (Lipinski definition) is 25. The monoisotopic (exact) mass is 1220 g/mol. The van der Waals surface area contributed by atoms with E-state index in [0.717, 1.165) is 25.7 Å². The summed E-state index contributed by atoms with van der Waals surface area (Å²) in [6.07, 6.45) is -12.3. The van der Waals surface area contributed by atoms with Gasteiger partial charge in [-0.15, -0.1) is 0 Å². The van der Waals surface area contributed by atoms with Crippen LogP contribution < -0.4 is 26.6 Å². The highest BCUT2D eigenvalue weighted by atomic mass is 16.7. The third-order valence-electron chi connectivity index (χ3n) is 14.6. The van der Waals surface area contributed by atoms with Crippen molar-refractivity contribution in [1.29, 1.82) is 0 Å². The van der Waals surface area contributed by atoms with Gasteiger partial charge in [0.1, 0.15) is 79.3 Å². The van der Waals surface area contributed by atoms with Crippen molar-refractivity contribution in [3.8, 4) is 0 Å². The van der Waals surface area contributed by atoms with Crippen molar-refractivity contribution >= 4 is 35.5 Å². The van der Waals surface area contributed by atoms with Crippen LogP contribution in [0.4, 0.5) is 0 Å². The molecule has 31 heteroatoms. The molecule has 0 aromatic heterocycles. The van der Waals surface area contributed by atoms with E-state index < -0.39 is 179 Å². The fourth-order valence-electron chi connectivity index (χ4n) is 9.60. The van der Waals surface area contributed by atoms with Gasteiger partial charge in [0.2, 0.25) is 29.5 Å². The molecule has 0 radical (unpaired) electrons. The zero-order valence-corrected chi connectivity index (χ0v) is 48.0. The number of unbranched alkanes of at least 4 members (excludes halogenated alkanes) is 11. The molecule has 3 aliphatic heterocycles. The molecule has 0 aromatic carbocycles. The number of aliphatic carboxylic acids is 1. The molecule has 31 nitrogen and oxygen atoms in total. The number of carboxylic acid groups (broad SMARTS) is 1. The van der Waals surface area contributed by atoms with Crippen molar-refractivity contribution in [2.45, 2.75) is 220 Å². The van der Waals surface area contributed by atoms with Crippen molar-refractivity contribution in [3.63, 3.8) is 0 Å². The molecule has 17 atom stereocenters. The van der Waals surface area contributed by atoms with Gasteiger partial charge in [-0.2, -0.15) is 0 Å². The quantitative estimate of drug-likeness (QED) is 0.0253. The maximum absolute atomic E-state index is 14.2. The highest BCUT2D eigenvalue weighted by molar-refractivity contribution is 5.88. The van der Waals surface area contributed by atoms with Crippen molar-refractivity contribution in [2.24, 2.45) is 0 Å². The lowest BCUT2D eigenvalue weighted by atomic mass is 9.99. The Morgan fingerprint density at radius 1 is 0.440 bits per heavy atom. The summed E-state index contributed by atoms with van der Waals surface area (Å²) in [6, 6.07) is -2.50. The van der Waals surface area contributed by atoms with Crippen LogP contribution in [0, 0.1) is 0 Å².